The van der Waals surface area contributed by atoms with Gasteiger partial charge in [0.1, 0.15) is 14.0 Å². The zero-order valence-electron chi connectivity index (χ0n) is 9.05. The van der Waals surface area contributed by atoms with Gasteiger partial charge in [0.05, 0.1) is 6.61 Å². The smallest absolute Gasteiger partial charge is 0.327 e. The van der Waals surface area contributed by atoms with E-state index in [9.17, 15) is 9.46 Å². The van der Waals surface area contributed by atoms with Gasteiger partial charge in [-0.2, -0.15) is 0 Å². The van der Waals surface area contributed by atoms with Crippen LogP contribution in [0.25, 0.3) is 0 Å². The molecule has 1 rings (SSSR count). The molecule has 0 aliphatic carbocycles. The summed E-state index contributed by atoms with van der Waals surface area (Å²) in [5.41, 5.74) is 0.818. The molecule has 0 bridgehead atoms. The first-order valence-electron chi connectivity index (χ1n) is 4.93. The summed E-state index contributed by atoms with van der Waals surface area (Å²) in [5.74, 6) is 0.0540. The summed E-state index contributed by atoms with van der Waals surface area (Å²) in [4.78, 5) is 9.22. The first-order chi connectivity index (χ1) is 6.87. The van der Waals surface area contributed by atoms with Gasteiger partial charge < -0.3 is 14.2 Å². The molecular formula is C9H16BO4P. The largest absolute Gasteiger partial charge is 0.377 e. The van der Waals surface area contributed by atoms with Crippen LogP contribution in [0.5, 0.6) is 0 Å². The Kier molecular flexibility index (Phi) is 4.18. The Morgan fingerprint density at radius 2 is 2.33 bits per heavy atom. The highest BCUT2D eigenvalue weighted by molar-refractivity contribution is 7.52. The van der Waals surface area contributed by atoms with Crippen molar-refractivity contribution in [3.8, 4) is 0 Å². The molecule has 1 N–H and O–H groups in total. The molecule has 6 heteroatoms. The van der Waals surface area contributed by atoms with Crippen molar-refractivity contribution in [2.45, 2.75) is 26.0 Å². The van der Waals surface area contributed by atoms with E-state index >= 15 is 0 Å². The summed E-state index contributed by atoms with van der Waals surface area (Å²) in [5, 5.41) is 0. The summed E-state index contributed by atoms with van der Waals surface area (Å²) in [7, 11) is 2.21. The van der Waals surface area contributed by atoms with Gasteiger partial charge in [0.2, 0.25) is 0 Å². The maximum Gasteiger partial charge on any atom is 0.327 e. The second kappa shape index (κ2) is 4.83. The van der Waals surface area contributed by atoms with Gasteiger partial charge in [0.25, 0.3) is 0 Å². The van der Waals surface area contributed by atoms with Crippen LogP contribution >= 0.6 is 7.60 Å². The Morgan fingerprint density at radius 1 is 1.73 bits per heavy atom. The molecule has 0 amide bonds. The molecule has 4 atom stereocenters. The highest BCUT2D eigenvalue weighted by Crippen LogP contribution is 2.42. The molecule has 1 heterocycles. The van der Waals surface area contributed by atoms with Gasteiger partial charge in [-0.15, -0.1) is 0 Å². The van der Waals surface area contributed by atoms with Crippen molar-refractivity contribution >= 4 is 15.4 Å². The lowest BCUT2D eigenvalue weighted by Gasteiger charge is -2.15. The maximum atomic E-state index is 11.2. The number of ether oxygens (including phenoxy) is 1. The van der Waals surface area contributed by atoms with Gasteiger partial charge in [0, 0.05) is 12.2 Å². The van der Waals surface area contributed by atoms with Gasteiger partial charge >= 0.3 is 7.60 Å². The van der Waals surface area contributed by atoms with Crippen molar-refractivity contribution in [3.05, 3.63) is 12.2 Å². The molecule has 1 aliphatic rings. The quantitative estimate of drug-likeness (QED) is 0.449. The zero-order chi connectivity index (χ0) is 11.6. The molecule has 0 aromatic carbocycles. The molecule has 1 aliphatic heterocycles. The average molecular weight is 230 g/mol. The summed E-state index contributed by atoms with van der Waals surface area (Å²) in [6, 6.07) is -0.397. The standard InChI is InChI=1S/C9H16BO4P/c1-4-15(11,12)13-5-8-6(2)7(3)9(10)14-8/h7-9H,2,4-5H2,1,3H3,(H,11,12). The lowest BCUT2D eigenvalue weighted by atomic mass is 9.85. The first kappa shape index (κ1) is 13.0. The predicted octanol–water partition coefficient (Wildman–Crippen LogP) is 1.29. The molecule has 0 aromatic heterocycles. The van der Waals surface area contributed by atoms with E-state index < -0.39 is 13.6 Å². The van der Waals surface area contributed by atoms with E-state index in [4.69, 9.17) is 17.1 Å². The van der Waals surface area contributed by atoms with Crippen LogP contribution < -0.4 is 0 Å². The van der Waals surface area contributed by atoms with Gasteiger partial charge in [0.15, 0.2) is 0 Å². The highest BCUT2D eigenvalue weighted by atomic mass is 31.2. The van der Waals surface area contributed by atoms with Gasteiger partial charge in [-0.05, 0) is 11.5 Å². The van der Waals surface area contributed by atoms with Crippen LogP contribution in [-0.4, -0.2) is 37.6 Å². The second-order valence-electron chi connectivity index (χ2n) is 3.70. The molecule has 0 aromatic rings. The maximum absolute atomic E-state index is 11.2. The third-order valence-electron chi connectivity index (χ3n) is 2.64. The van der Waals surface area contributed by atoms with Crippen LogP contribution in [0.1, 0.15) is 13.8 Å². The zero-order valence-corrected chi connectivity index (χ0v) is 9.94. The Bertz CT molecular complexity index is 294. The van der Waals surface area contributed by atoms with E-state index in [0.717, 1.165) is 5.57 Å². The average Bonchev–Trinajstić information content (AvgIpc) is 2.43. The molecule has 4 nitrogen and oxygen atoms in total. The Morgan fingerprint density at radius 3 is 2.73 bits per heavy atom. The van der Waals surface area contributed by atoms with Crippen molar-refractivity contribution in [2.24, 2.45) is 5.92 Å². The van der Waals surface area contributed by atoms with Crippen molar-refractivity contribution in [3.63, 3.8) is 0 Å². The van der Waals surface area contributed by atoms with Crippen LogP contribution in [0, 0.1) is 5.92 Å². The predicted molar refractivity (Wildman–Crippen MR) is 59.0 cm³/mol. The molecule has 1 fully saturated rings. The minimum Gasteiger partial charge on any atom is -0.377 e. The lowest BCUT2D eigenvalue weighted by Crippen LogP contribution is -2.17. The Balaban J connectivity index is 2.48. The van der Waals surface area contributed by atoms with E-state index in [1.165, 1.54) is 0 Å². The van der Waals surface area contributed by atoms with Crippen molar-refractivity contribution in [1.82, 2.24) is 0 Å². The Labute approximate surface area is 91.6 Å². The van der Waals surface area contributed by atoms with Crippen molar-refractivity contribution in [1.29, 1.82) is 0 Å². The van der Waals surface area contributed by atoms with Gasteiger partial charge in [-0.1, -0.05) is 20.4 Å². The Hall–Kier alpha value is -0.0851. The molecule has 84 valence electrons. The summed E-state index contributed by atoms with van der Waals surface area (Å²) < 4.78 is 21.5. The third-order valence-corrected chi connectivity index (χ3v) is 3.99. The second-order valence-corrected chi connectivity index (χ2v) is 5.87. The van der Waals surface area contributed by atoms with Crippen LogP contribution in [0.15, 0.2) is 12.2 Å². The summed E-state index contributed by atoms with van der Waals surface area (Å²) in [6.07, 6.45) is -0.282. The fourth-order valence-corrected chi connectivity index (χ4v) is 1.87. The molecule has 4 unspecified atom stereocenters. The van der Waals surface area contributed by atoms with Crippen LogP contribution in [0.3, 0.4) is 0 Å². The minimum absolute atomic E-state index is 0.0402. The monoisotopic (exact) mass is 230 g/mol. The van der Waals surface area contributed by atoms with Crippen LogP contribution in [0.4, 0.5) is 0 Å². The summed E-state index contributed by atoms with van der Waals surface area (Å²) >= 11 is 0. The number of rotatable bonds is 4. The molecular weight excluding hydrogens is 214 g/mol. The third kappa shape index (κ3) is 3.18. The number of hydrogen-bond acceptors (Lipinski definition) is 3. The minimum atomic E-state index is -3.45. The molecule has 15 heavy (non-hydrogen) atoms. The first-order valence-corrected chi connectivity index (χ1v) is 6.69. The van der Waals surface area contributed by atoms with Gasteiger partial charge in [-0.3, -0.25) is 4.57 Å². The molecule has 1 saturated heterocycles. The molecule has 0 saturated carbocycles. The topological polar surface area (TPSA) is 55.8 Å². The summed E-state index contributed by atoms with van der Waals surface area (Å²) in [6.45, 7) is 7.38. The van der Waals surface area contributed by atoms with Crippen LogP contribution in [-0.2, 0) is 13.8 Å². The van der Waals surface area contributed by atoms with Gasteiger partial charge in [-0.25, -0.2) is 0 Å². The van der Waals surface area contributed by atoms with Crippen LogP contribution in [0.2, 0.25) is 0 Å². The highest BCUT2D eigenvalue weighted by Gasteiger charge is 2.33. The SMILES string of the molecule is [B]C1OC(COP(=O)(O)CC)C(=C)C1C. The molecule has 0 spiro atoms. The van der Waals surface area contributed by atoms with E-state index in [-0.39, 0.29) is 24.8 Å². The normalized spacial score (nSPS) is 35.4. The lowest BCUT2D eigenvalue weighted by molar-refractivity contribution is 0.0536. The van der Waals surface area contributed by atoms with E-state index in [1.807, 2.05) is 6.92 Å². The fourth-order valence-electron chi connectivity index (χ4n) is 1.32. The van der Waals surface area contributed by atoms with E-state index in [0.29, 0.717) is 0 Å². The van der Waals surface area contributed by atoms with Crippen molar-refractivity contribution < 1.29 is 18.7 Å². The van der Waals surface area contributed by atoms with Crippen molar-refractivity contribution in [2.75, 3.05) is 12.8 Å². The molecule has 2 radical (unpaired) electrons. The number of hydrogen-bond donors (Lipinski definition) is 1. The van der Waals surface area contributed by atoms with E-state index in [1.54, 1.807) is 6.92 Å². The van der Waals surface area contributed by atoms with E-state index in [2.05, 4.69) is 6.58 Å². The fraction of sp³-hybridized carbons (Fsp3) is 0.778.